The zero-order chi connectivity index (χ0) is 17.9. The van der Waals surface area contributed by atoms with Gasteiger partial charge in [0.05, 0.1) is 25.3 Å². The Balaban J connectivity index is 1.77. The molecule has 1 saturated carbocycles. The van der Waals surface area contributed by atoms with Crippen LogP contribution in [0.15, 0.2) is 47.1 Å². The van der Waals surface area contributed by atoms with Crippen LogP contribution in [0.4, 0.5) is 0 Å². The Morgan fingerprint density at radius 1 is 1.28 bits per heavy atom. The van der Waals surface area contributed by atoms with E-state index in [9.17, 15) is 9.90 Å². The number of furan rings is 1. The second-order valence-corrected chi connectivity index (χ2v) is 6.95. The third kappa shape index (κ3) is 3.42. The summed E-state index contributed by atoms with van der Waals surface area (Å²) in [4.78, 5) is 13.1. The molecule has 1 aliphatic rings. The average molecular weight is 343 g/mol. The van der Waals surface area contributed by atoms with Gasteiger partial charge in [-0.2, -0.15) is 0 Å². The van der Waals surface area contributed by atoms with Gasteiger partial charge in [-0.05, 0) is 49.6 Å². The zero-order valence-electron chi connectivity index (χ0n) is 14.7. The van der Waals surface area contributed by atoms with Crippen molar-refractivity contribution in [1.82, 2.24) is 5.32 Å². The number of ether oxygens (including phenoxy) is 1. The zero-order valence-corrected chi connectivity index (χ0v) is 14.7. The summed E-state index contributed by atoms with van der Waals surface area (Å²) in [6.07, 6.45) is 5.19. The molecule has 0 aliphatic heterocycles. The quantitative estimate of drug-likeness (QED) is 0.845. The number of benzene rings is 1. The summed E-state index contributed by atoms with van der Waals surface area (Å²) in [6.45, 7) is 1.75. The van der Waals surface area contributed by atoms with E-state index in [-0.39, 0.29) is 12.5 Å². The molecule has 25 heavy (non-hydrogen) atoms. The summed E-state index contributed by atoms with van der Waals surface area (Å²) in [5, 5.41) is 13.5. The normalized spacial score (nSPS) is 18.5. The minimum atomic E-state index is -1.24. The molecule has 1 aliphatic carbocycles. The molecule has 0 spiro atoms. The highest BCUT2D eigenvalue weighted by Crippen LogP contribution is 2.42. The molecule has 1 aromatic carbocycles. The van der Waals surface area contributed by atoms with Crippen LogP contribution in [0.3, 0.4) is 0 Å². The van der Waals surface area contributed by atoms with E-state index in [1.54, 1.807) is 26.2 Å². The maximum atomic E-state index is 13.1. The van der Waals surface area contributed by atoms with Crippen molar-refractivity contribution in [3.8, 4) is 5.75 Å². The molecule has 3 rings (SSSR count). The second-order valence-electron chi connectivity index (χ2n) is 6.95. The van der Waals surface area contributed by atoms with E-state index in [1.807, 2.05) is 24.3 Å². The topological polar surface area (TPSA) is 71.7 Å². The van der Waals surface area contributed by atoms with Gasteiger partial charge in [-0.15, -0.1) is 0 Å². The van der Waals surface area contributed by atoms with Crippen molar-refractivity contribution in [2.45, 2.75) is 43.6 Å². The molecule has 2 N–H and O–H groups in total. The number of amides is 1. The largest absolute Gasteiger partial charge is 0.497 e. The summed E-state index contributed by atoms with van der Waals surface area (Å²) in [5.74, 6) is 1.18. The number of aliphatic hydroxyl groups is 1. The minimum absolute atomic E-state index is 0.0398. The lowest BCUT2D eigenvalue weighted by atomic mass is 9.78. The molecule has 5 nitrogen and oxygen atoms in total. The number of nitrogens with one attached hydrogen (secondary N) is 1. The highest BCUT2D eigenvalue weighted by Gasteiger charge is 2.43. The first-order valence-electron chi connectivity index (χ1n) is 8.67. The Morgan fingerprint density at radius 2 is 1.96 bits per heavy atom. The Hall–Kier alpha value is -2.27. The van der Waals surface area contributed by atoms with Gasteiger partial charge in [-0.3, -0.25) is 4.79 Å². The molecular weight excluding hydrogens is 318 g/mol. The monoisotopic (exact) mass is 343 g/mol. The van der Waals surface area contributed by atoms with E-state index in [0.29, 0.717) is 5.76 Å². The van der Waals surface area contributed by atoms with Crippen LogP contribution in [-0.4, -0.2) is 24.7 Å². The van der Waals surface area contributed by atoms with E-state index >= 15 is 0 Å². The van der Waals surface area contributed by atoms with E-state index in [1.165, 1.54) is 6.26 Å². The lowest BCUT2D eigenvalue weighted by Gasteiger charge is -2.30. The van der Waals surface area contributed by atoms with Crippen molar-refractivity contribution >= 4 is 5.91 Å². The third-order valence-corrected chi connectivity index (χ3v) is 5.18. The molecule has 1 amide bonds. The van der Waals surface area contributed by atoms with Crippen LogP contribution in [0, 0.1) is 0 Å². The van der Waals surface area contributed by atoms with Crippen molar-refractivity contribution in [3.05, 3.63) is 54.0 Å². The van der Waals surface area contributed by atoms with Crippen molar-refractivity contribution in [3.63, 3.8) is 0 Å². The lowest BCUT2D eigenvalue weighted by molar-refractivity contribution is -0.128. The molecule has 134 valence electrons. The van der Waals surface area contributed by atoms with Crippen molar-refractivity contribution < 1.29 is 19.1 Å². The SMILES string of the molecule is COc1ccc(C2(C(=O)NC[C@](C)(O)c3ccco3)CCCC2)cc1. The first-order valence-corrected chi connectivity index (χ1v) is 8.67. The Labute approximate surface area is 148 Å². The van der Waals surface area contributed by atoms with Crippen LogP contribution in [0.25, 0.3) is 0 Å². The van der Waals surface area contributed by atoms with Crippen LogP contribution in [-0.2, 0) is 15.8 Å². The predicted octanol–water partition coefficient (Wildman–Crippen LogP) is 3.12. The van der Waals surface area contributed by atoms with Crippen molar-refractivity contribution in [2.24, 2.45) is 0 Å². The van der Waals surface area contributed by atoms with E-state index in [0.717, 1.165) is 37.0 Å². The standard InChI is InChI=1S/C20H25NO4/c1-19(23,17-6-5-13-25-17)14-21-18(22)20(11-3-4-12-20)15-7-9-16(24-2)10-8-15/h5-10,13,23H,3-4,11-12,14H2,1-2H3,(H,21,22)/t19-/m0/s1. The maximum Gasteiger partial charge on any atom is 0.230 e. The number of carbonyl (C=O) groups excluding carboxylic acids is 1. The third-order valence-electron chi connectivity index (χ3n) is 5.18. The minimum Gasteiger partial charge on any atom is -0.497 e. The Bertz CT molecular complexity index is 698. The van der Waals surface area contributed by atoms with Crippen molar-refractivity contribution in [2.75, 3.05) is 13.7 Å². The number of methoxy groups -OCH3 is 1. The Morgan fingerprint density at radius 3 is 2.52 bits per heavy atom. The number of hydrogen-bond acceptors (Lipinski definition) is 4. The fourth-order valence-corrected chi connectivity index (χ4v) is 3.63. The molecule has 0 bridgehead atoms. The molecule has 1 aromatic heterocycles. The smallest absolute Gasteiger partial charge is 0.230 e. The Kier molecular flexibility index (Phi) is 4.86. The maximum absolute atomic E-state index is 13.1. The molecule has 1 fully saturated rings. The molecule has 1 atom stereocenters. The molecule has 0 radical (unpaired) electrons. The molecule has 2 aromatic rings. The molecule has 1 heterocycles. The molecule has 0 unspecified atom stereocenters. The molecule has 5 heteroatoms. The van der Waals surface area contributed by atoms with Gasteiger partial charge in [0.1, 0.15) is 17.1 Å². The summed E-state index contributed by atoms with van der Waals surface area (Å²) in [7, 11) is 1.63. The van der Waals surface area contributed by atoms with Crippen molar-refractivity contribution in [1.29, 1.82) is 0 Å². The molecular formula is C20H25NO4. The van der Waals surface area contributed by atoms with Crippen LogP contribution < -0.4 is 10.1 Å². The number of carbonyl (C=O) groups is 1. The van der Waals surface area contributed by atoms with E-state index < -0.39 is 11.0 Å². The van der Waals surface area contributed by atoms with Gasteiger partial charge in [-0.25, -0.2) is 0 Å². The van der Waals surface area contributed by atoms with Crippen LogP contribution in [0.5, 0.6) is 5.75 Å². The van der Waals surface area contributed by atoms with Gasteiger partial charge in [0, 0.05) is 0 Å². The average Bonchev–Trinajstić information content (AvgIpc) is 3.32. The predicted molar refractivity (Wildman–Crippen MR) is 94.4 cm³/mol. The highest BCUT2D eigenvalue weighted by molar-refractivity contribution is 5.88. The fraction of sp³-hybridized carbons (Fsp3) is 0.450. The summed E-state index contributed by atoms with van der Waals surface area (Å²) < 4.78 is 10.5. The number of hydrogen-bond donors (Lipinski definition) is 2. The van der Waals surface area contributed by atoms with Crippen LogP contribution in [0.1, 0.15) is 43.9 Å². The van der Waals surface area contributed by atoms with Gasteiger partial charge in [0.2, 0.25) is 5.91 Å². The van der Waals surface area contributed by atoms with E-state index in [4.69, 9.17) is 9.15 Å². The van der Waals surface area contributed by atoms with Gasteiger partial charge in [0.25, 0.3) is 0 Å². The highest BCUT2D eigenvalue weighted by atomic mass is 16.5. The van der Waals surface area contributed by atoms with Gasteiger partial charge >= 0.3 is 0 Å². The van der Waals surface area contributed by atoms with Crippen LogP contribution >= 0.6 is 0 Å². The summed E-state index contributed by atoms with van der Waals surface area (Å²) >= 11 is 0. The first kappa shape index (κ1) is 17.5. The summed E-state index contributed by atoms with van der Waals surface area (Å²) in [6, 6.07) is 11.1. The number of rotatable bonds is 6. The summed E-state index contributed by atoms with van der Waals surface area (Å²) in [5.41, 5.74) is -0.773. The first-order chi connectivity index (χ1) is 12.0. The van der Waals surface area contributed by atoms with Crippen LogP contribution in [0.2, 0.25) is 0 Å². The second kappa shape index (κ2) is 6.92. The van der Waals surface area contributed by atoms with E-state index in [2.05, 4.69) is 5.32 Å². The fourth-order valence-electron chi connectivity index (χ4n) is 3.63. The lowest BCUT2D eigenvalue weighted by Crippen LogP contribution is -2.47. The van der Waals surface area contributed by atoms with Gasteiger partial charge in [0.15, 0.2) is 0 Å². The van der Waals surface area contributed by atoms with Gasteiger partial charge < -0.3 is 19.6 Å². The van der Waals surface area contributed by atoms with Gasteiger partial charge in [-0.1, -0.05) is 25.0 Å². The molecule has 0 saturated heterocycles.